The first-order valence-corrected chi connectivity index (χ1v) is 6.21. The largest absolute Gasteiger partial charge is 0.399 e. The molecular formula is C13H8BrClFNO. The van der Waals surface area contributed by atoms with Crippen molar-refractivity contribution < 1.29 is 9.18 Å². The number of benzene rings is 2. The van der Waals surface area contributed by atoms with E-state index >= 15 is 0 Å². The third-order valence-electron chi connectivity index (χ3n) is 2.41. The van der Waals surface area contributed by atoms with Crippen molar-refractivity contribution in [2.75, 3.05) is 5.73 Å². The summed E-state index contributed by atoms with van der Waals surface area (Å²) < 4.78 is 14.2. The summed E-state index contributed by atoms with van der Waals surface area (Å²) in [5.74, 6) is -1.09. The Morgan fingerprint density at radius 1 is 1.17 bits per heavy atom. The number of hydrogen-bond donors (Lipinski definition) is 1. The number of halogens is 3. The predicted octanol–water partition coefficient (Wildman–Crippen LogP) is 4.05. The minimum absolute atomic E-state index is 0.0364. The third kappa shape index (κ3) is 2.54. The van der Waals surface area contributed by atoms with E-state index in [0.29, 0.717) is 15.7 Å². The average Bonchev–Trinajstić information content (AvgIpc) is 2.31. The van der Waals surface area contributed by atoms with Crippen LogP contribution < -0.4 is 5.73 Å². The van der Waals surface area contributed by atoms with Crippen LogP contribution in [0.15, 0.2) is 40.9 Å². The van der Waals surface area contributed by atoms with Crippen LogP contribution in [0.1, 0.15) is 15.9 Å². The molecule has 0 amide bonds. The SMILES string of the molecule is Nc1ccc(Br)c(C(=O)c2ccc(Cl)cc2F)c1. The van der Waals surface area contributed by atoms with Crippen molar-refractivity contribution >= 4 is 39.0 Å². The second-order valence-electron chi connectivity index (χ2n) is 3.69. The molecule has 0 aliphatic rings. The Morgan fingerprint density at radius 3 is 2.56 bits per heavy atom. The fourth-order valence-electron chi connectivity index (χ4n) is 1.54. The third-order valence-corrected chi connectivity index (χ3v) is 3.34. The number of nitrogens with two attached hydrogens (primary N) is 1. The molecule has 0 aromatic heterocycles. The first-order chi connectivity index (χ1) is 8.49. The van der Waals surface area contributed by atoms with Crippen LogP contribution in [0.5, 0.6) is 0 Å². The lowest BCUT2D eigenvalue weighted by Gasteiger charge is -2.06. The molecule has 2 rings (SSSR count). The van der Waals surface area contributed by atoms with Crippen LogP contribution in [0, 0.1) is 5.82 Å². The van der Waals surface area contributed by atoms with Crippen molar-refractivity contribution in [3.63, 3.8) is 0 Å². The molecular weight excluding hydrogens is 321 g/mol. The van der Waals surface area contributed by atoms with Gasteiger partial charge in [0.25, 0.3) is 0 Å². The first kappa shape index (κ1) is 13.1. The summed E-state index contributed by atoms with van der Waals surface area (Å²) in [5, 5.41) is 0.246. The fraction of sp³-hybridized carbons (Fsp3) is 0. The van der Waals surface area contributed by atoms with Gasteiger partial charge in [-0.2, -0.15) is 0 Å². The molecule has 2 nitrogen and oxygen atoms in total. The summed E-state index contributed by atoms with van der Waals surface area (Å²) in [5.41, 5.74) is 6.34. The molecule has 0 saturated carbocycles. The van der Waals surface area contributed by atoms with E-state index in [1.165, 1.54) is 18.2 Å². The predicted molar refractivity (Wildman–Crippen MR) is 73.4 cm³/mol. The summed E-state index contributed by atoms with van der Waals surface area (Å²) in [6.45, 7) is 0. The standard InChI is InChI=1S/C13H8BrClFNO/c14-11-4-2-8(17)6-10(11)13(18)9-3-1-7(15)5-12(9)16/h1-6H,17H2. The Kier molecular flexibility index (Phi) is 3.68. The van der Waals surface area contributed by atoms with Crippen molar-refractivity contribution in [1.29, 1.82) is 0 Å². The van der Waals surface area contributed by atoms with Crippen molar-refractivity contribution in [1.82, 2.24) is 0 Å². The lowest BCUT2D eigenvalue weighted by Crippen LogP contribution is -2.06. The highest BCUT2D eigenvalue weighted by Gasteiger charge is 2.17. The van der Waals surface area contributed by atoms with Crippen LogP contribution in [0.4, 0.5) is 10.1 Å². The minimum Gasteiger partial charge on any atom is -0.399 e. The summed E-state index contributed by atoms with van der Waals surface area (Å²) in [7, 11) is 0. The van der Waals surface area contributed by atoms with Crippen molar-refractivity contribution in [3.05, 3.63) is 62.8 Å². The van der Waals surface area contributed by atoms with E-state index in [1.807, 2.05) is 0 Å². The molecule has 18 heavy (non-hydrogen) atoms. The fourth-order valence-corrected chi connectivity index (χ4v) is 2.12. The van der Waals surface area contributed by atoms with Crippen molar-refractivity contribution in [3.8, 4) is 0 Å². The van der Waals surface area contributed by atoms with Gasteiger partial charge in [0.2, 0.25) is 0 Å². The van der Waals surface area contributed by atoms with Gasteiger partial charge in [-0.15, -0.1) is 0 Å². The molecule has 0 fully saturated rings. The van der Waals surface area contributed by atoms with Crippen LogP contribution in [0.2, 0.25) is 5.02 Å². The van der Waals surface area contributed by atoms with Gasteiger partial charge in [0.1, 0.15) is 5.82 Å². The second kappa shape index (κ2) is 5.08. The second-order valence-corrected chi connectivity index (χ2v) is 4.98. The normalized spacial score (nSPS) is 10.4. The van der Waals surface area contributed by atoms with E-state index < -0.39 is 11.6 Å². The van der Waals surface area contributed by atoms with E-state index in [4.69, 9.17) is 17.3 Å². The number of carbonyl (C=O) groups excluding carboxylic acids is 1. The van der Waals surface area contributed by atoms with E-state index in [2.05, 4.69) is 15.9 Å². The highest BCUT2D eigenvalue weighted by molar-refractivity contribution is 9.10. The van der Waals surface area contributed by atoms with E-state index in [1.54, 1.807) is 12.1 Å². The molecule has 5 heteroatoms. The summed E-state index contributed by atoms with van der Waals surface area (Å²) >= 11 is 8.89. The Labute approximate surface area is 117 Å². The molecule has 0 unspecified atom stereocenters. The van der Waals surface area contributed by atoms with Crippen LogP contribution in [-0.4, -0.2) is 5.78 Å². The minimum atomic E-state index is -0.651. The average molecular weight is 329 g/mol. The van der Waals surface area contributed by atoms with Gasteiger partial charge in [-0.25, -0.2) is 4.39 Å². The molecule has 92 valence electrons. The van der Waals surface area contributed by atoms with Gasteiger partial charge in [-0.3, -0.25) is 4.79 Å². The highest BCUT2D eigenvalue weighted by Crippen LogP contribution is 2.24. The Morgan fingerprint density at radius 2 is 1.89 bits per heavy atom. The smallest absolute Gasteiger partial charge is 0.197 e. The first-order valence-electron chi connectivity index (χ1n) is 5.04. The maximum atomic E-state index is 13.7. The molecule has 2 aromatic carbocycles. The van der Waals surface area contributed by atoms with Crippen molar-refractivity contribution in [2.24, 2.45) is 0 Å². The molecule has 2 N–H and O–H groups in total. The van der Waals surface area contributed by atoms with Gasteiger partial charge < -0.3 is 5.73 Å². The zero-order valence-corrected chi connectivity index (χ0v) is 11.4. The van der Waals surface area contributed by atoms with Crippen LogP contribution in [-0.2, 0) is 0 Å². The Balaban J connectivity index is 2.51. The van der Waals surface area contributed by atoms with Gasteiger partial charge in [0.05, 0.1) is 5.56 Å². The zero-order chi connectivity index (χ0) is 13.3. The zero-order valence-electron chi connectivity index (χ0n) is 9.08. The molecule has 0 spiro atoms. The van der Waals surface area contributed by atoms with Crippen LogP contribution in [0.3, 0.4) is 0 Å². The molecule has 0 saturated heterocycles. The Bertz CT molecular complexity index is 630. The molecule has 0 atom stereocenters. The van der Waals surface area contributed by atoms with Gasteiger partial charge in [-0.05, 0) is 36.4 Å². The van der Waals surface area contributed by atoms with Crippen LogP contribution in [0.25, 0.3) is 0 Å². The van der Waals surface area contributed by atoms with Gasteiger partial charge in [-0.1, -0.05) is 27.5 Å². The molecule has 0 bridgehead atoms. The summed E-state index contributed by atoms with van der Waals surface area (Å²) in [6.07, 6.45) is 0. The lowest BCUT2D eigenvalue weighted by atomic mass is 10.0. The van der Waals surface area contributed by atoms with E-state index in [0.717, 1.165) is 6.07 Å². The topological polar surface area (TPSA) is 43.1 Å². The maximum Gasteiger partial charge on any atom is 0.197 e. The quantitative estimate of drug-likeness (QED) is 0.667. The van der Waals surface area contributed by atoms with Crippen molar-refractivity contribution in [2.45, 2.75) is 0 Å². The maximum absolute atomic E-state index is 13.7. The van der Waals surface area contributed by atoms with Gasteiger partial charge in [0.15, 0.2) is 5.78 Å². The molecule has 0 heterocycles. The molecule has 0 aliphatic heterocycles. The number of nitrogen functional groups attached to an aromatic ring is 1. The van der Waals surface area contributed by atoms with E-state index in [-0.39, 0.29) is 10.6 Å². The van der Waals surface area contributed by atoms with Crippen LogP contribution >= 0.6 is 27.5 Å². The number of rotatable bonds is 2. The Hall–Kier alpha value is -1.39. The lowest BCUT2D eigenvalue weighted by molar-refractivity contribution is 0.103. The number of carbonyl (C=O) groups is 1. The number of ketones is 1. The van der Waals surface area contributed by atoms with Gasteiger partial charge >= 0.3 is 0 Å². The monoisotopic (exact) mass is 327 g/mol. The van der Waals surface area contributed by atoms with E-state index in [9.17, 15) is 9.18 Å². The van der Waals surface area contributed by atoms with Gasteiger partial charge in [0, 0.05) is 20.7 Å². The molecule has 2 aromatic rings. The molecule has 0 radical (unpaired) electrons. The number of anilines is 1. The number of hydrogen-bond acceptors (Lipinski definition) is 2. The summed E-state index contributed by atoms with van der Waals surface area (Å²) in [6, 6.07) is 8.73. The molecule has 0 aliphatic carbocycles. The highest BCUT2D eigenvalue weighted by atomic mass is 79.9. The summed E-state index contributed by atoms with van der Waals surface area (Å²) in [4.78, 5) is 12.2.